The zero-order valence-electron chi connectivity index (χ0n) is 18.2. The van der Waals surface area contributed by atoms with E-state index in [0.29, 0.717) is 5.75 Å². The van der Waals surface area contributed by atoms with Crippen molar-refractivity contribution in [2.75, 3.05) is 7.11 Å². The lowest BCUT2D eigenvalue weighted by Gasteiger charge is -2.31. The Morgan fingerprint density at radius 3 is 2.29 bits per heavy atom. The molecule has 2 heterocycles. The van der Waals surface area contributed by atoms with Crippen molar-refractivity contribution in [3.05, 3.63) is 71.4 Å². The van der Waals surface area contributed by atoms with Gasteiger partial charge in [-0.1, -0.05) is 57.2 Å². The number of Topliss-reactive ketones (excluding diaryl/α,β-unsaturated/α-hetero) is 1. The van der Waals surface area contributed by atoms with Gasteiger partial charge in [-0.25, -0.2) is 0 Å². The summed E-state index contributed by atoms with van der Waals surface area (Å²) in [6, 6.07) is 19.0. The highest BCUT2D eigenvalue weighted by Crippen LogP contribution is 2.52. The Kier molecular flexibility index (Phi) is 4.96. The van der Waals surface area contributed by atoms with Gasteiger partial charge in [0.05, 0.1) is 31.4 Å². The largest absolute Gasteiger partial charge is 0.497 e. The number of nitrogens with zero attached hydrogens (tertiary/aromatic N) is 2. The van der Waals surface area contributed by atoms with Gasteiger partial charge >= 0.3 is 0 Å². The van der Waals surface area contributed by atoms with Crippen LogP contribution >= 0.6 is 0 Å². The lowest BCUT2D eigenvalue weighted by molar-refractivity contribution is -0.885. The first-order chi connectivity index (χ1) is 14.8. The van der Waals surface area contributed by atoms with Crippen LogP contribution in [-0.2, 0) is 4.79 Å². The van der Waals surface area contributed by atoms with E-state index < -0.39 is 28.8 Å². The maximum Gasteiger partial charge on any atom is 0.212 e. The van der Waals surface area contributed by atoms with Crippen LogP contribution in [-0.4, -0.2) is 18.9 Å². The van der Waals surface area contributed by atoms with Gasteiger partial charge in [0.25, 0.3) is 0 Å². The molecule has 5 heteroatoms. The highest BCUT2D eigenvalue weighted by atomic mass is 16.5. The molecule has 2 aromatic carbocycles. The number of ketones is 1. The predicted octanol–water partition coefficient (Wildman–Crippen LogP) is 3.42. The standard InChI is InChI=1S/C26H25N3O2/c1-25(2,3)24(30)22-21(18-9-11-19(31-4)12-10-18)26(15-27,16-28)23-20-8-6-5-7-17(20)13-14-29(22)23/h5-14,21-23H,1-4H3/p+1/t21-,22+,23-/m0/s1. The van der Waals surface area contributed by atoms with E-state index in [1.807, 2.05) is 81.6 Å². The minimum atomic E-state index is -1.39. The molecule has 0 bridgehead atoms. The first kappa shape index (κ1) is 20.8. The van der Waals surface area contributed by atoms with Gasteiger partial charge < -0.3 is 4.74 Å². The van der Waals surface area contributed by atoms with E-state index in [1.54, 1.807) is 7.11 Å². The van der Waals surface area contributed by atoms with Crippen molar-refractivity contribution in [3.63, 3.8) is 0 Å². The molecule has 0 saturated carbocycles. The fourth-order valence-corrected chi connectivity index (χ4v) is 5.14. The molecule has 156 valence electrons. The Labute approximate surface area is 183 Å². The Morgan fingerprint density at radius 1 is 1.06 bits per heavy atom. The summed E-state index contributed by atoms with van der Waals surface area (Å²) < 4.78 is 5.29. The van der Waals surface area contributed by atoms with Crippen molar-refractivity contribution in [1.82, 2.24) is 0 Å². The van der Waals surface area contributed by atoms with Gasteiger partial charge in [0, 0.05) is 11.0 Å². The SMILES string of the molecule is COc1ccc([C@H]2[C@H](C(=O)C(C)(C)C)[NH+]3C=Cc4ccccc4[C@H]3C2(C#N)C#N)cc1. The predicted molar refractivity (Wildman–Crippen MR) is 117 cm³/mol. The maximum atomic E-state index is 13.8. The number of fused-ring (bicyclic) bond motifs is 3. The molecule has 1 fully saturated rings. The number of nitriles is 2. The highest BCUT2D eigenvalue weighted by Gasteiger charge is 2.68. The topological polar surface area (TPSA) is 78.3 Å². The van der Waals surface area contributed by atoms with Crippen molar-refractivity contribution >= 4 is 11.9 Å². The number of carbonyl (C=O) groups is 1. The van der Waals surface area contributed by atoms with E-state index in [0.717, 1.165) is 21.6 Å². The quantitative estimate of drug-likeness (QED) is 0.838. The fourth-order valence-electron chi connectivity index (χ4n) is 5.14. The molecule has 2 aliphatic rings. The monoisotopic (exact) mass is 412 g/mol. The average Bonchev–Trinajstić information content (AvgIpc) is 3.08. The van der Waals surface area contributed by atoms with E-state index >= 15 is 0 Å². The summed E-state index contributed by atoms with van der Waals surface area (Å²) in [5, 5.41) is 20.9. The summed E-state index contributed by atoms with van der Waals surface area (Å²) in [6.07, 6.45) is 3.97. The van der Waals surface area contributed by atoms with E-state index in [2.05, 4.69) is 12.1 Å². The normalized spacial score (nSPS) is 25.6. The van der Waals surface area contributed by atoms with Gasteiger partial charge in [-0.3, -0.25) is 9.69 Å². The van der Waals surface area contributed by atoms with Crippen LogP contribution in [0.4, 0.5) is 0 Å². The molecule has 1 N–H and O–H groups in total. The van der Waals surface area contributed by atoms with Crippen molar-refractivity contribution in [1.29, 1.82) is 10.5 Å². The number of carbonyl (C=O) groups excluding carboxylic acids is 1. The molecule has 0 aliphatic carbocycles. The molecular weight excluding hydrogens is 386 g/mol. The number of rotatable bonds is 3. The van der Waals surface area contributed by atoms with Crippen LogP contribution < -0.4 is 9.64 Å². The number of ether oxygens (including phenoxy) is 1. The Hall–Kier alpha value is -3.41. The third kappa shape index (κ3) is 3.05. The molecule has 4 atom stereocenters. The van der Waals surface area contributed by atoms with Gasteiger partial charge in [-0.05, 0) is 29.3 Å². The summed E-state index contributed by atoms with van der Waals surface area (Å²) in [5.41, 5.74) is 0.725. The van der Waals surface area contributed by atoms with Crippen LogP contribution in [0.1, 0.15) is 49.4 Å². The molecule has 2 aliphatic heterocycles. The van der Waals surface area contributed by atoms with Gasteiger partial charge in [-0.2, -0.15) is 10.5 Å². The Bertz CT molecular complexity index is 1110. The van der Waals surface area contributed by atoms with Crippen LogP contribution in [0.2, 0.25) is 0 Å². The van der Waals surface area contributed by atoms with Crippen LogP contribution in [0.15, 0.2) is 54.7 Å². The smallest absolute Gasteiger partial charge is 0.212 e. The van der Waals surface area contributed by atoms with Gasteiger partial charge in [0.2, 0.25) is 5.41 Å². The second kappa shape index (κ2) is 7.38. The summed E-state index contributed by atoms with van der Waals surface area (Å²) in [5.74, 6) is 0.163. The molecule has 0 aromatic heterocycles. The molecule has 31 heavy (non-hydrogen) atoms. The molecule has 4 rings (SSSR count). The van der Waals surface area contributed by atoms with Gasteiger partial charge in [0.15, 0.2) is 17.9 Å². The molecular formula is C26H26N3O2+. The van der Waals surface area contributed by atoms with Gasteiger partial charge in [0.1, 0.15) is 5.75 Å². The zero-order chi connectivity index (χ0) is 22.4. The first-order valence-corrected chi connectivity index (χ1v) is 10.4. The van der Waals surface area contributed by atoms with E-state index in [4.69, 9.17) is 4.74 Å². The third-order valence-corrected chi connectivity index (χ3v) is 6.60. The minimum Gasteiger partial charge on any atom is -0.497 e. The number of methoxy groups -OCH3 is 1. The van der Waals surface area contributed by atoms with E-state index in [9.17, 15) is 15.3 Å². The molecule has 2 aromatic rings. The van der Waals surface area contributed by atoms with Crippen molar-refractivity contribution in [3.8, 4) is 17.9 Å². The fraction of sp³-hybridized carbons (Fsp3) is 0.346. The van der Waals surface area contributed by atoms with E-state index in [1.165, 1.54) is 0 Å². The van der Waals surface area contributed by atoms with Crippen LogP contribution in [0.5, 0.6) is 5.75 Å². The summed E-state index contributed by atoms with van der Waals surface area (Å²) in [4.78, 5) is 14.6. The lowest BCUT2D eigenvalue weighted by atomic mass is 9.66. The number of nitrogens with one attached hydrogen (secondary N) is 1. The Morgan fingerprint density at radius 2 is 1.71 bits per heavy atom. The summed E-state index contributed by atoms with van der Waals surface area (Å²) in [6.45, 7) is 5.69. The number of benzene rings is 2. The minimum absolute atomic E-state index is 0.0460. The lowest BCUT2D eigenvalue weighted by Crippen LogP contribution is -3.12. The van der Waals surface area contributed by atoms with Crippen molar-refractivity contribution < 1.29 is 14.4 Å². The van der Waals surface area contributed by atoms with Gasteiger partial charge in [-0.15, -0.1) is 0 Å². The molecule has 1 unspecified atom stereocenters. The molecule has 0 spiro atoms. The molecule has 1 saturated heterocycles. The zero-order valence-corrected chi connectivity index (χ0v) is 18.2. The number of hydrogen-bond acceptors (Lipinski definition) is 4. The maximum absolute atomic E-state index is 13.8. The number of hydrogen-bond donors (Lipinski definition) is 1. The molecule has 0 amide bonds. The van der Waals surface area contributed by atoms with Crippen molar-refractivity contribution in [2.24, 2.45) is 10.8 Å². The van der Waals surface area contributed by atoms with Crippen molar-refractivity contribution in [2.45, 2.75) is 38.8 Å². The first-order valence-electron chi connectivity index (χ1n) is 10.4. The van der Waals surface area contributed by atoms with E-state index in [-0.39, 0.29) is 5.78 Å². The third-order valence-electron chi connectivity index (χ3n) is 6.60. The van der Waals surface area contributed by atoms with Crippen LogP contribution in [0.25, 0.3) is 6.08 Å². The van der Waals surface area contributed by atoms with Crippen LogP contribution in [0.3, 0.4) is 0 Å². The van der Waals surface area contributed by atoms with Crippen LogP contribution in [0, 0.1) is 33.5 Å². The molecule has 0 radical (unpaired) electrons. The Balaban J connectivity index is 2.00. The number of quaternary nitrogens is 1. The average molecular weight is 413 g/mol. The summed E-state index contributed by atoms with van der Waals surface area (Å²) in [7, 11) is 1.59. The molecule has 5 nitrogen and oxygen atoms in total. The second-order valence-corrected chi connectivity index (χ2v) is 9.33. The highest BCUT2D eigenvalue weighted by molar-refractivity contribution is 5.89. The summed E-state index contributed by atoms with van der Waals surface area (Å²) >= 11 is 0. The second-order valence-electron chi connectivity index (χ2n) is 9.33.